The molecule has 2 aliphatic heterocycles. The Morgan fingerprint density at radius 3 is 2.85 bits per heavy atom. The first-order valence-corrected chi connectivity index (χ1v) is 9.60. The minimum absolute atomic E-state index is 0. The first-order valence-electron chi connectivity index (χ1n) is 9.22. The average Bonchev–Trinajstić information content (AvgIpc) is 3.00. The lowest BCUT2D eigenvalue weighted by Crippen LogP contribution is -2.46. The van der Waals surface area contributed by atoms with Crippen LogP contribution < -0.4 is 10.6 Å². The number of likely N-dealkylation sites (N-methyl/N-ethyl adjacent to an activating group) is 1. The minimum atomic E-state index is -0.403. The van der Waals surface area contributed by atoms with Gasteiger partial charge in [-0.2, -0.15) is 0 Å². The van der Waals surface area contributed by atoms with Crippen LogP contribution in [0, 0.1) is 11.7 Å². The van der Waals surface area contributed by atoms with E-state index in [0.29, 0.717) is 6.04 Å². The van der Waals surface area contributed by atoms with Gasteiger partial charge in [0.05, 0.1) is 11.1 Å². The van der Waals surface area contributed by atoms with Crippen molar-refractivity contribution in [2.45, 2.75) is 51.2 Å². The second-order valence-electron chi connectivity index (χ2n) is 7.23. The van der Waals surface area contributed by atoms with Gasteiger partial charge in [0.2, 0.25) is 5.91 Å². The molecule has 1 amide bonds. The van der Waals surface area contributed by atoms with Crippen LogP contribution in [0.1, 0.15) is 44.7 Å². The largest absolute Gasteiger partial charge is 0.351 e. The number of benzene rings is 1. The van der Waals surface area contributed by atoms with Crippen LogP contribution in [0.15, 0.2) is 18.2 Å². The van der Waals surface area contributed by atoms with Gasteiger partial charge in [-0.1, -0.05) is 24.6 Å². The Kier molecular flexibility index (Phi) is 7.71. The fourth-order valence-corrected chi connectivity index (χ4v) is 4.29. The molecule has 3 rings (SSSR count). The highest BCUT2D eigenvalue weighted by Gasteiger charge is 2.37. The van der Waals surface area contributed by atoms with Crippen LogP contribution >= 0.6 is 24.0 Å². The zero-order valence-electron chi connectivity index (χ0n) is 15.3. The van der Waals surface area contributed by atoms with Gasteiger partial charge in [-0.25, -0.2) is 4.39 Å². The van der Waals surface area contributed by atoms with E-state index in [2.05, 4.69) is 29.4 Å². The first-order chi connectivity index (χ1) is 12.0. The number of likely N-dealkylation sites (tertiary alicyclic amines) is 1. The Labute approximate surface area is 166 Å². The molecule has 0 spiro atoms. The van der Waals surface area contributed by atoms with Gasteiger partial charge in [0.1, 0.15) is 5.82 Å². The summed E-state index contributed by atoms with van der Waals surface area (Å²) >= 11 is 5.83. The Balaban J connectivity index is 0.00000243. The van der Waals surface area contributed by atoms with Gasteiger partial charge in [0.25, 0.3) is 0 Å². The summed E-state index contributed by atoms with van der Waals surface area (Å²) in [6.07, 6.45) is 2.63. The van der Waals surface area contributed by atoms with E-state index in [9.17, 15) is 9.18 Å². The van der Waals surface area contributed by atoms with Gasteiger partial charge in [-0.05, 0) is 57.0 Å². The van der Waals surface area contributed by atoms with Crippen LogP contribution in [0.5, 0.6) is 0 Å². The zero-order valence-corrected chi connectivity index (χ0v) is 16.9. The molecule has 0 aliphatic carbocycles. The number of piperidine rings is 1. The van der Waals surface area contributed by atoms with Crippen molar-refractivity contribution in [2.75, 3.05) is 19.6 Å². The Hall–Kier alpha value is -0.880. The molecule has 0 radical (unpaired) electrons. The number of carbonyl (C=O) groups is 1. The molecule has 2 unspecified atom stereocenters. The molecule has 2 aliphatic rings. The predicted octanol–water partition coefficient (Wildman–Crippen LogP) is 3.54. The van der Waals surface area contributed by atoms with Gasteiger partial charge < -0.3 is 10.6 Å². The summed E-state index contributed by atoms with van der Waals surface area (Å²) in [5, 5.41) is 6.77. The van der Waals surface area contributed by atoms with Crippen LogP contribution in [0.2, 0.25) is 5.02 Å². The third-order valence-electron chi connectivity index (χ3n) is 5.52. The van der Waals surface area contributed by atoms with Gasteiger partial charge in [-0.3, -0.25) is 9.69 Å². The number of nitrogens with zero attached hydrogens (tertiary/aromatic N) is 1. The maximum Gasteiger partial charge on any atom is 0.223 e. The van der Waals surface area contributed by atoms with Crippen molar-refractivity contribution in [1.82, 2.24) is 15.5 Å². The van der Waals surface area contributed by atoms with E-state index >= 15 is 0 Å². The molecular weight excluding hydrogens is 376 g/mol. The van der Waals surface area contributed by atoms with E-state index in [0.717, 1.165) is 44.5 Å². The summed E-state index contributed by atoms with van der Waals surface area (Å²) in [6.45, 7) is 6.87. The average molecular weight is 404 g/mol. The molecular formula is C19H28Cl2FN3O. The molecule has 1 aromatic rings. The molecule has 2 N–H and O–H groups in total. The lowest BCUT2D eigenvalue weighted by molar-refractivity contribution is -0.127. The highest BCUT2D eigenvalue weighted by Crippen LogP contribution is 2.34. The highest BCUT2D eigenvalue weighted by atomic mass is 35.5. The minimum Gasteiger partial charge on any atom is -0.351 e. The fraction of sp³-hybridized carbons (Fsp3) is 0.632. The quantitative estimate of drug-likeness (QED) is 0.807. The summed E-state index contributed by atoms with van der Waals surface area (Å²) < 4.78 is 13.9. The third-order valence-corrected chi connectivity index (χ3v) is 5.82. The molecule has 4 nitrogen and oxygen atoms in total. The van der Waals surface area contributed by atoms with E-state index in [1.165, 1.54) is 6.07 Å². The lowest BCUT2D eigenvalue weighted by atomic mass is 9.91. The monoisotopic (exact) mass is 403 g/mol. The van der Waals surface area contributed by atoms with Crippen molar-refractivity contribution < 1.29 is 9.18 Å². The molecule has 26 heavy (non-hydrogen) atoms. The molecule has 0 bridgehead atoms. The first kappa shape index (κ1) is 21.4. The van der Waals surface area contributed by atoms with Crippen molar-refractivity contribution in [3.8, 4) is 0 Å². The molecule has 0 aromatic heterocycles. The number of rotatable bonds is 4. The highest BCUT2D eigenvalue weighted by molar-refractivity contribution is 6.30. The van der Waals surface area contributed by atoms with Gasteiger partial charge in [0.15, 0.2) is 0 Å². The van der Waals surface area contributed by atoms with Crippen molar-refractivity contribution >= 4 is 29.9 Å². The summed E-state index contributed by atoms with van der Waals surface area (Å²) in [4.78, 5) is 15.0. The second-order valence-corrected chi connectivity index (χ2v) is 7.63. The molecule has 4 atom stereocenters. The van der Waals surface area contributed by atoms with Crippen LogP contribution in [-0.2, 0) is 4.79 Å². The van der Waals surface area contributed by atoms with E-state index < -0.39 is 5.82 Å². The lowest BCUT2D eigenvalue weighted by Gasteiger charge is -2.31. The van der Waals surface area contributed by atoms with Gasteiger partial charge in [-0.15, -0.1) is 12.4 Å². The van der Waals surface area contributed by atoms with Crippen LogP contribution in [0.4, 0.5) is 4.39 Å². The van der Waals surface area contributed by atoms with Gasteiger partial charge >= 0.3 is 0 Å². The molecule has 146 valence electrons. The third kappa shape index (κ3) is 4.69. The smallest absolute Gasteiger partial charge is 0.223 e. The number of hydrogen-bond acceptors (Lipinski definition) is 3. The summed E-state index contributed by atoms with van der Waals surface area (Å²) in [7, 11) is 0. The van der Waals surface area contributed by atoms with E-state index in [1.54, 1.807) is 6.07 Å². The van der Waals surface area contributed by atoms with E-state index in [-0.39, 0.29) is 41.3 Å². The maximum atomic E-state index is 13.9. The molecule has 2 saturated heterocycles. The topological polar surface area (TPSA) is 44.4 Å². The van der Waals surface area contributed by atoms with Crippen molar-refractivity contribution in [1.29, 1.82) is 0 Å². The van der Waals surface area contributed by atoms with E-state index in [4.69, 9.17) is 11.6 Å². The molecule has 7 heteroatoms. The van der Waals surface area contributed by atoms with Crippen LogP contribution in [0.25, 0.3) is 0 Å². The number of hydrogen-bond donors (Lipinski definition) is 2. The second kappa shape index (κ2) is 9.36. The summed E-state index contributed by atoms with van der Waals surface area (Å²) in [5.74, 6) is -0.204. The molecule has 1 aromatic carbocycles. The number of amides is 1. The van der Waals surface area contributed by atoms with Crippen LogP contribution in [-0.4, -0.2) is 42.5 Å². The molecule has 2 fully saturated rings. The standard InChI is InChI=1S/C19H27ClFN3O.ClH/c1-3-24-9-7-17(18(24)13-4-5-15(20)16(21)11-13)23-19(25)14-6-8-22-12(2)10-14;/h4-5,11-12,14,17-18,22H,3,6-10H2,1-2H3,(H,23,25);1H/t12-,14-,17?,18?;/m0./s1. The van der Waals surface area contributed by atoms with Gasteiger partial charge in [0, 0.05) is 24.5 Å². The molecule has 0 saturated carbocycles. The zero-order chi connectivity index (χ0) is 18.0. The predicted molar refractivity (Wildman–Crippen MR) is 105 cm³/mol. The number of carbonyl (C=O) groups excluding carboxylic acids is 1. The van der Waals surface area contributed by atoms with E-state index in [1.807, 2.05) is 6.07 Å². The Bertz CT molecular complexity index is 631. The maximum absolute atomic E-state index is 13.9. The summed E-state index contributed by atoms with van der Waals surface area (Å²) in [6, 6.07) is 5.37. The molecule has 2 heterocycles. The van der Waals surface area contributed by atoms with Crippen molar-refractivity contribution in [3.05, 3.63) is 34.6 Å². The summed E-state index contributed by atoms with van der Waals surface area (Å²) in [5.41, 5.74) is 0.880. The van der Waals surface area contributed by atoms with Crippen molar-refractivity contribution in [3.63, 3.8) is 0 Å². The SMILES string of the molecule is CCN1CCC(NC(=O)[C@H]2CCN[C@@H](C)C2)C1c1ccc(Cl)c(F)c1.Cl. The number of nitrogens with one attached hydrogen (secondary N) is 2. The fourth-order valence-electron chi connectivity index (χ4n) is 4.17. The van der Waals surface area contributed by atoms with Crippen LogP contribution in [0.3, 0.4) is 0 Å². The van der Waals surface area contributed by atoms with Crippen molar-refractivity contribution in [2.24, 2.45) is 5.92 Å². The number of halogens is 3. The normalized spacial score (nSPS) is 29.2. The Morgan fingerprint density at radius 2 is 2.19 bits per heavy atom. The Morgan fingerprint density at radius 1 is 1.42 bits per heavy atom.